The maximum Gasteiger partial charge on any atom is 0.410 e. The van der Waals surface area contributed by atoms with Crippen molar-refractivity contribution in [1.29, 1.82) is 0 Å². The largest absolute Gasteiger partial charge is 0.410 e. The summed E-state index contributed by atoms with van der Waals surface area (Å²) in [6.07, 6.45) is -4.98. The van der Waals surface area contributed by atoms with E-state index in [2.05, 4.69) is 15.7 Å². The standard InChI is InChI=1S/C20H13Cl4F3N4O/c21-10-6-4-9(5-7-10)13-8-14(20(25,26)27)31-18(28-13)15(24)17(30-31)19(32)29-16-11(22)2-1-3-12(16)23/h1-7,13-14,28H,8H2,(H,29,32)/t13-,14-/m1/s1. The normalized spacial score (nSPS) is 18.1. The van der Waals surface area contributed by atoms with Gasteiger partial charge in [0.2, 0.25) is 0 Å². The van der Waals surface area contributed by atoms with Gasteiger partial charge in [0.25, 0.3) is 5.91 Å². The first-order valence-electron chi connectivity index (χ1n) is 9.18. The highest BCUT2D eigenvalue weighted by Crippen LogP contribution is 2.46. The van der Waals surface area contributed by atoms with E-state index in [-0.39, 0.29) is 33.0 Å². The number of rotatable bonds is 3. The van der Waals surface area contributed by atoms with Crippen molar-refractivity contribution >= 4 is 63.8 Å². The van der Waals surface area contributed by atoms with E-state index in [9.17, 15) is 18.0 Å². The van der Waals surface area contributed by atoms with E-state index in [0.717, 1.165) is 0 Å². The van der Waals surface area contributed by atoms with Gasteiger partial charge in [-0.25, -0.2) is 4.68 Å². The summed E-state index contributed by atoms with van der Waals surface area (Å²) in [7, 11) is 0. The van der Waals surface area contributed by atoms with Gasteiger partial charge in [0, 0.05) is 11.4 Å². The number of hydrogen-bond donors (Lipinski definition) is 2. The lowest BCUT2D eigenvalue weighted by atomic mass is 9.97. The van der Waals surface area contributed by atoms with Crippen LogP contribution in [0.25, 0.3) is 0 Å². The fourth-order valence-electron chi connectivity index (χ4n) is 3.44. The van der Waals surface area contributed by atoms with Gasteiger partial charge in [0.1, 0.15) is 10.8 Å². The lowest BCUT2D eigenvalue weighted by molar-refractivity contribution is -0.173. The number of benzene rings is 2. The van der Waals surface area contributed by atoms with Gasteiger partial charge >= 0.3 is 6.18 Å². The van der Waals surface area contributed by atoms with E-state index in [1.54, 1.807) is 30.3 Å². The lowest BCUT2D eigenvalue weighted by Crippen LogP contribution is -2.35. The third-order valence-electron chi connectivity index (χ3n) is 4.98. The van der Waals surface area contributed by atoms with Crippen LogP contribution >= 0.6 is 46.4 Å². The zero-order valence-corrected chi connectivity index (χ0v) is 18.9. The molecule has 32 heavy (non-hydrogen) atoms. The third-order valence-corrected chi connectivity index (χ3v) is 6.22. The summed E-state index contributed by atoms with van der Waals surface area (Å²) in [5, 5.41) is 9.81. The van der Waals surface area contributed by atoms with Crippen molar-refractivity contribution in [2.24, 2.45) is 0 Å². The Hall–Kier alpha value is -2.13. The Bertz CT molecular complexity index is 1160. The molecule has 4 rings (SSSR count). The van der Waals surface area contributed by atoms with Crippen LogP contribution < -0.4 is 10.6 Å². The first-order valence-corrected chi connectivity index (χ1v) is 10.7. The second-order valence-corrected chi connectivity index (χ2v) is 8.68. The Labute approximate surface area is 200 Å². The van der Waals surface area contributed by atoms with Crippen LogP contribution in [0.4, 0.5) is 24.7 Å². The summed E-state index contributed by atoms with van der Waals surface area (Å²) in [6.45, 7) is 0. The number of carbonyl (C=O) groups excluding carboxylic acids is 1. The zero-order valence-electron chi connectivity index (χ0n) is 15.9. The summed E-state index contributed by atoms with van der Waals surface area (Å²) in [4.78, 5) is 12.8. The highest BCUT2D eigenvalue weighted by molar-refractivity contribution is 6.40. The molecular weight excluding hydrogens is 511 g/mol. The maximum atomic E-state index is 13.9. The van der Waals surface area contributed by atoms with E-state index < -0.39 is 29.9 Å². The highest BCUT2D eigenvalue weighted by atomic mass is 35.5. The number of alkyl halides is 3. The van der Waals surface area contributed by atoms with Gasteiger partial charge in [-0.15, -0.1) is 0 Å². The van der Waals surface area contributed by atoms with Crippen LogP contribution in [0, 0.1) is 0 Å². The second kappa shape index (κ2) is 8.67. The van der Waals surface area contributed by atoms with Crippen LogP contribution in [-0.4, -0.2) is 21.9 Å². The molecule has 12 heteroatoms. The monoisotopic (exact) mass is 522 g/mol. The first kappa shape index (κ1) is 23.0. The summed E-state index contributed by atoms with van der Waals surface area (Å²) >= 11 is 24.3. The molecule has 0 radical (unpaired) electrons. The Balaban J connectivity index is 1.72. The number of nitrogens with one attached hydrogen (secondary N) is 2. The van der Waals surface area contributed by atoms with Crippen molar-refractivity contribution in [3.63, 3.8) is 0 Å². The van der Waals surface area contributed by atoms with E-state index in [1.165, 1.54) is 12.1 Å². The van der Waals surface area contributed by atoms with Crippen LogP contribution in [0.2, 0.25) is 20.1 Å². The third kappa shape index (κ3) is 4.37. The maximum absolute atomic E-state index is 13.9. The molecule has 0 fully saturated rings. The van der Waals surface area contributed by atoms with E-state index in [4.69, 9.17) is 46.4 Å². The summed E-state index contributed by atoms with van der Waals surface area (Å²) in [5.41, 5.74) is 0.291. The van der Waals surface area contributed by atoms with E-state index in [1.807, 2.05) is 0 Å². The fraction of sp³-hybridized carbons (Fsp3) is 0.200. The quantitative estimate of drug-likeness (QED) is 0.375. The number of para-hydroxylation sites is 1. The molecule has 0 saturated heterocycles. The average molecular weight is 524 g/mol. The molecule has 2 aromatic carbocycles. The van der Waals surface area contributed by atoms with Crippen LogP contribution in [0.3, 0.4) is 0 Å². The van der Waals surface area contributed by atoms with Crippen molar-refractivity contribution in [1.82, 2.24) is 9.78 Å². The van der Waals surface area contributed by atoms with Crippen LogP contribution in [0.5, 0.6) is 0 Å². The lowest BCUT2D eigenvalue weighted by Gasteiger charge is -2.33. The minimum Gasteiger partial charge on any atom is -0.362 e. The van der Waals surface area contributed by atoms with Crippen LogP contribution in [-0.2, 0) is 0 Å². The van der Waals surface area contributed by atoms with Crippen LogP contribution in [0.1, 0.15) is 34.6 Å². The van der Waals surface area contributed by atoms with Gasteiger partial charge < -0.3 is 10.6 Å². The number of nitrogens with zero attached hydrogens (tertiary/aromatic N) is 2. The van der Waals surface area contributed by atoms with Gasteiger partial charge in [-0.1, -0.05) is 64.6 Å². The van der Waals surface area contributed by atoms with Gasteiger partial charge in [-0.2, -0.15) is 18.3 Å². The average Bonchev–Trinajstić information content (AvgIpc) is 3.06. The van der Waals surface area contributed by atoms with E-state index in [0.29, 0.717) is 15.3 Å². The molecular formula is C20H13Cl4F3N4O. The molecule has 3 aromatic rings. The first-order chi connectivity index (χ1) is 15.1. The smallest absolute Gasteiger partial charge is 0.362 e. The molecule has 1 aromatic heterocycles. The number of amides is 1. The number of anilines is 2. The van der Waals surface area contributed by atoms with Gasteiger partial charge in [0.05, 0.1) is 21.8 Å². The van der Waals surface area contributed by atoms with Crippen molar-refractivity contribution in [3.05, 3.63) is 73.8 Å². The fourth-order valence-corrected chi connectivity index (χ4v) is 4.32. The Morgan fingerprint density at radius 2 is 1.69 bits per heavy atom. The minimum absolute atomic E-state index is 0.0993. The second-order valence-electron chi connectivity index (χ2n) is 7.05. The van der Waals surface area contributed by atoms with Crippen molar-refractivity contribution in [2.45, 2.75) is 24.7 Å². The Morgan fingerprint density at radius 1 is 1.06 bits per heavy atom. The molecule has 1 aliphatic heterocycles. The van der Waals surface area contributed by atoms with Gasteiger partial charge in [-0.3, -0.25) is 4.79 Å². The molecule has 2 heterocycles. The molecule has 2 N–H and O–H groups in total. The van der Waals surface area contributed by atoms with Crippen molar-refractivity contribution in [3.8, 4) is 0 Å². The molecule has 168 valence electrons. The highest BCUT2D eigenvalue weighted by Gasteiger charge is 2.47. The Kier molecular flexibility index (Phi) is 6.24. The zero-order chi connectivity index (χ0) is 23.2. The van der Waals surface area contributed by atoms with Crippen molar-refractivity contribution in [2.75, 3.05) is 10.6 Å². The molecule has 5 nitrogen and oxygen atoms in total. The predicted octanol–water partition coefficient (Wildman–Crippen LogP) is 7.41. The topological polar surface area (TPSA) is 59.0 Å². The molecule has 0 saturated carbocycles. The number of aromatic nitrogens is 2. The molecule has 1 amide bonds. The molecule has 1 aliphatic rings. The summed E-state index contributed by atoms with van der Waals surface area (Å²) in [5.74, 6) is -0.965. The number of hydrogen-bond acceptors (Lipinski definition) is 3. The molecule has 0 spiro atoms. The van der Waals surface area contributed by atoms with Gasteiger partial charge in [-0.05, 0) is 29.8 Å². The minimum atomic E-state index is -4.63. The van der Waals surface area contributed by atoms with Crippen molar-refractivity contribution < 1.29 is 18.0 Å². The molecule has 0 bridgehead atoms. The summed E-state index contributed by atoms with van der Waals surface area (Å²) in [6, 6.07) is 8.28. The number of carbonyl (C=O) groups is 1. The number of halogens is 7. The SMILES string of the molecule is O=C(Nc1c(Cl)cccc1Cl)c1nn2c(c1Cl)N[C@@H](c1ccc(Cl)cc1)C[C@@H]2C(F)(F)F. The van der Waals surface area contributed by atoms with Crippen LogP contribution in [0.15, 0.2) is 42.5 Å². The molecule has 2 atom stereocenters. The number of fused-ring (bicyclic) bond motifs is 1. The molecule has 0 aliphatic carbocycles. The Morgan fingerprint density at radius 3 is 2.28 bits per heavy atom. The van der Waals surface area contributed by atoms with Gasteiger partial charge in [0.15, 0.2) is 11.7 Å². The summed E-state index contributed by atoms with van der Waals surface area (Å²) < 4.78 is 42.3. The predicted molar refractivity (Wildman–Crippen MR) is 119 cm³/mol. The molecule has 0 unspecified atom stereocenters. The van der Waals surface area contributed by atoms with E-state index >= 15 is 0 Å².